The molecule has 2 rings (SSSR count). The Morgan fingerprint density at radius 3 is 2.55 bits per heavy atom. The van der Waals surface area contributed by atoms with Gasteiger partial charge in [-0.3, -0.25) is 0 Å². The summed E-state index contributed by atoms with van der Waals surface area (Å²) in [5.74, 6) is 1.72. The topological polar surface area (TPSA) is 21.3 Å². The number of halogens is 1. The van der Waals surface area contributed by atoms with Gasteiger partial charge in [-0.25, -0.2) is 0 Å². The molecule has 0 fully saturated rings. The van der Waals surface area contributed by atoms with Crippen LogP contribution in [0.15, 0.2) is 42.5 Å². The van der Waals surface area contributed by atoms with Crippen molar-refractivity contribution in [3.8, 4) is 11.5 Å². The quantitative estimate of drug-likeness (QED) is 0.842. The van der Waals surface area contributed by atoms with Gasteiger partial charge in [0.25, 0.3) is 0 Å². The van der Waals surface area contributed by atoms with Gasteiger partial charge in [0.2, 0.25) is 0 Å². The summed E-state index contributed by atoms with van der Waals surface area (Å²) in [5, 5.41) is 4.12. The van der Waals surface area contributed by atoms with E-state index in [0.717, 1.165) is 34.2 Å². The van der Waals surface area contributed by atoms with Gasteiger partial charge in [0.15, 0.2) is 0 Å². The van der Waals surface area contributed by atoms with Crippen LogP contribution >= 0.6 is 11.6 Å². The van der Waals surface area contributed by atoms with Crippen LogP contribution in [-0.2, 0) is 6.54 Å². The van der Waals surface area contributed by atoms with Gasteiger partial charge in [-0.15, -0.1) is 0 Å². The first kappa shape index (κ1) is 14.9. The average molecular weight is 290 g/mol. The number of hydrogen-bond acceptors (Lipinski definition) is 2. The van der Waals surface area contributed by atoms with Crippen LogP contribution in [0, 0.1) is 6.92 Å². The minimum Gasteiger partial charge on any atom is -0.457 e. The molecule has 106 valence electrons. The molecule has 0 spiro atoms. The first-order valence-electron chi connectivity index (χ1n) is 6.81. The fourth-order valence-corrected chi connectivity index (χ4v) is 2.08. The molecule has 2 nitrogen and oxygen atoms in total. The summed E-state index contributed by atoms with van der Waals surface area (Å²) >= 11 is 6.08. The smallest absolute Gasteiger partial charge is 0.132 e. The zero-order valence-electron chi connectivity index (χ0n) is 12.1. The molecule has 2 aromatic rings. The molecule has 3 heteroatoms. The minimum absolute atomic E-state index is 0.417. The number of aryl methyl sites for hydroxylation is 1. The van der Waals surface area contributed by atoms with Crippen molar-refractivity contribution < 1.29 is 4.74 Å². The third-order valence-electron chi connectivity index (χ3n) is 3.04. The van der Waals surface area contributed by atoms with Crippen molar-refractivity contribution in [3.05, 3.63) is 58.6 Å². The molecule has 0 aliphatic carbocycles. The fraction of sp³-hybridized carbons (Fsp3) is 0.294. The first-order chi connectivity index (χ1) is 9.56. The summed E-state index contributed by atoms with van der Waals surface area (Å²) in [6, 6.07) is 14.1. The van der Waals surface area contributed by atoms with Gasteiger partial charge in [0.05, 0.1) is 0 Å². The lowest BCUT2D eigenvalue weighted by Crippen LogP contribution is -2.22. The summed E-state index contributed by atoms with van der Waals surface area (Å²) in [7, 11) is 0. The molecule has 20 heavy (non-hydrogen) atoms. The Morgan fingerprint density at radius 2 is 1.85 bits per heavy atom. The van der Waals surface area contributed by atoms with Gasteiger partial charge in [-0.1, -0.05) is 43.6 Å². The number of nitrogens with one attached hydrogen (secondary N) is 1. The largest absolute Gasteiger partial charge is 0.457 e. The van der Waals surface area contributed by atoms with E-state index in [1.54, 1.807) is 0 Å². The first-order valence-corrected chi connectivity index (χ1v) is 7.19. The van der Waals surface area contributed by atoms with E-state index in [4.69, 9.17) is 16.3 Å². The van der Waals surface area contributed by atoms with Crippen molar-refractivity contribution in [2.24, 2.45) is 0 Å². The van der Waals surface area contributed by atoms with Crippen LogP contribution in [0.4, 0.5) is 0 Å². The lowest BCUT2D eigenvalue weighted by Gasteiger charge is -2.15. The van der Waals surface area contributed by atoms with Crippen molar-refractivity contribution in [1.29, 1.82) is 0 Å². The van der Waals surface area contributed by atoms with E-state index in [9.17, 15) is 0 Å². The van der Waals surface area contributed by atoms with Gasteiger partial charge in [-0.05, 0) is 36.8 Å². The van der Waals surface area contributed by atoms with Gasteiger partial charge in [0.1, 0.15) is 11.5 Å². The molecule has 0 bridgehead atoms. The van der Waals surface area contributed by atoms with Crippen LogP contribution in [0.3, 0.4) is 0 Å². The van der Waals surface area contributed by atoms with E-state index >= 15 is 0 Å². The Labute approximate surface area is 125 Å². The van der Waals surface area contributed by atoms with E-state index in [2.05, 4.69) is 19.2 Å². The highest BCUT2D eigenvalue weighted by Crippen LogP contribution is 2.29. The second-order valence-electron chi connectivity index (χ2n) is 5.16. The standard InChI is InChI=1S/C17H20ClNO/c1-12(2)19-11-14-10-15(18)8-9-17(14)20-16-7-5-4-6-13(16)3/h4-10,12,19H,11H2,1-3H3. The summed E-state index contributed by atoms with van der Waals surface area (Å²) in [6.07, 6.45) is 0. The zero-order valence-corrected chi connectivity index (χ0v) is 12.9. The second-order valence-corrected chi connectivity index (χ2v) is 5.59. The van der Waals surface area contributed by atoms with Gasteiger partial charge < -0.3 is 10.1 Å². The van der Waals surface area contributed by atoms with Gasteiger partial charge >= 0.3 is 0 Å². The predicted octanol–water partition coefficient (Wildman–Crippen LogP) is 4.94. The lowest BCUT2D eigenvalue weighted by atomic mass is 10.1. The molecule has 1 N–H and O–H groups in total. The average Bonchev–Trinajstić information content (AvgIpc) is 2.41. The molecule has 0 saturated carbocycles. The summed E-state index contributed by atoms with van der Waals surface area (Å²) < 4.78 is 6.03. The van der Waals surface area contributed by atoms with E-state index in [1.165, 1.54) is 0 Å². The van der Waals surface area contributed by atoms with Crippen LogP contribution < -0.4 is 10.1 Å². The molecule has 0 aromatic heterocycles. The molecule has 2 aromatic carbocycles. The molecule has 0 heterocycles. The van der Waals surface area contributed by atoms with E-state index in [0.29, 0.717) is 6.04 Å². The zero-order chi connectivity index (χ0) is 14.5. The maximum atomic E-state index is 6.08. The number of hydrogen-bond donors (Lipinski definition) is 1. The van der Waals surface area contributed by atoms with Crippen LogP contribution in [0.25, 0.3) is 0 Å². The Bertz CT molecular complexity index is 581. The Morgan fingerprint density at radius 1 is 1.10 bits per heavy atom. The number of rotatable bonds is 5. The molecular formula is C17H20ClNO. The highest BCUT2D eigenvalue weighted by molar-refractivity contribution is 6.30. The van der Waals surface area contributed by atoms with Crippen molar-refractivity contribution in [2.75, 3.05) is 0 Å². The van der Waals surface area contributed by atoms with Gasteiger partial charge in [0, 0.05) is 23.2 Å². The maximum absolute atomic E-state index is 6.08. The van der Waals surface area contributed by atoms with Crippen molar-refractivity contribution in [1.82, 2.24) is 5.32 Å². The summed E-state index contributed by atoms with van der Waals surface area (Å²) in [4.78, 5) is 0. The molecule has 0 radical (unpaired) electrons. The molecular weight excluding hydrogens is 270 g/mol. The van der Waals surface area contributed by atoms with E-state index in [1.807, 2.05) is 49.4 Å². The number of para-hydroxylation sites is 1. The SMILES string of the molecule is Cc1ccccc1Oc1ccc(Cl)cc1CNC(C)C. The molecule has 0 unspecified atom stereocenters. The van der Waals surface area contributed by atoms with Crippen molar-refractivity contribution >= 4 is 11.6 Å². The third kappa shape index (κ3) is 3.99. The third-order valence-corrected chi connectivity index (χ3v) is 3.27. The lowest BCUT2D eigenvalue weighted by molar-refractivity contribution is 0.466. The van der Waals surface area contributed by atoms with Crippen LogP contribution in [0.1, 0.15) is 25.0 Å². The Hall–Kier alpha value is -1.51. The molecule has 0 atom stereocenters. The highest BCUT2D eigenvalue weighted by atomic mass is 35.5. The maximum Gasteiger partial charge on any atom is 0.132 e. The van der Waals surface area contributed by atoms with Crippen LogP contribution in [0.2, 0.25) is 5.02 Å². The fourth-order valence-electron chi connectivity index (χ4n) is 1.89. The monoisotopic (exact) mass is 289 g/mol. The Balaban J connectivity index is 2.24. The molecule has 0 amide bonds. The van der Waals surface area contributed by atoms with E-state index in [-0.39, 0.29) is 0 Å². The second kappa shape index (κ2) is 6.78. The van der Waals surface area contributed by atoms with Crippen LogP contribution in [-0.4, -0.2) is 6.04 Å². The minimum atomic E-state index is 0.417. The van der Waals surface area contributed by atoms with Crippen molar-refractivity contribution in [3.63, 3.8) is 0 Å². The van der Waals surface area contributed by atoms with Crippen LogP contribution in [0.5, 0.6) is 11.5 Å². The normalized spacial score (nSPS) is 10.8. The molecule has 0 aliphatic rings. The van der Waals surface area contributed by atoms with Crippen molar-refractivity contribution in [2.45, 2.75) is 33.4 Å². The molecule has 0 aliphatic heterocycles. The highest BCUT2D eigenvalue weighted by Gasteiger charge is 2.08. The summed E-state index contributed by atoms with van der Waals surface area (Å²) in [5.41, 5.74) is 2.18. The Kier molecular flexibility index (Phi) is 5.05. The number of ether oxygens (including phenoxy) is 1. The predicted molar refractivity (Wildman–Crippen MR) is 84.7 cm³/mol. The molecule has 0 saturated heterocycles. The number of benzene rings is 2. The van der Waals surface area contributed by atoms with E-state index < -0.39 is 0 Å². The summed E-state index contributed by atoms with van der Waals surface area (Å²) in [6.45, 7) is 7.01. The van der Waals surface area contributed by atoms with Gasteiger partial charge in [-0.2, -0.15) is 0 Å².